The van der Waals surface area contributed by atoms with Crippen LogP contribution in [-0.2, 0) is 9.59 Å². The maximum Gasteiger partial charge on any atom is 0.573 e. The van der Waals surface area contributed by atoms with Gasteiger partial charge in [0.05, 0.1) is 18.2 Å². The zero-order chi connectivity index (χ0) is 25.2. The molecule has 1 fully saturated rings. The van der Waals surface area contributed by atoms with Crippen molar-refractivity contribution in [1.82, 2.24) is 4.98 Å². The number of ether oxygens (including phenoxy) is 2. The standard InChI is InChI=1S/C25H19F3N2O5/c1-2-34-19-5-3-4-16(14-19)22(31)20-21(15-10-12-29-13-11-15)30(24(33)23(20)32)17-6-8-18(9-7-17)35-25(26,27)28/h3-14,21,31H,2H2,1H3/b22-20-. The number of halogens is 3. The van der Waals surface area contributed by atoms with Gasteiger partial charge in [-0.15, -0.1) is 13.2 Å². The molecule has 4 rings (SSSR count). The second-order valence-corrected chi connectivity index (χ2v) is 7.45. The number of amides is 1. The number of aliphatic hydroxyl groups is 1. The molecule has 2 aromatic carbocycles. The van der Waals surface area contributed by atoms with Gasteiger partial charge in [-0.05, 0) is 61.0 Å². The first kappa shape index (κ1) is 23.8. The van der Waals surface area contributed by atoms with E-state index in [2.05, 4.69) is 9.72 Å². The van der Waals surface area contributed by atoms with Crippen molar-refractivity contribution >= 4 is 23.1 Å². The second kappa shape index (κ2) is 9.49. The minimum atomic E-state index is -4.88. The minimum Gasteiger partial charge on any atom is -0.507 e. The molecule has 1 aliphatic rings. The number of rotatable bonds is 6. The van der Waals surface area contributed by atoms with Crippen LogP contribution in [0.1, 0.15) is 24.1 Å². The van der Waals surface area contributed by atoms with E-state index in [0.29, 0.717) is 17.9 Å². The highest BCUT2D eigenvalue weighted by molar-refractivity contribution is 6.51. The fourth-order valence-corrected chi connectivity index (χ4v) is 3.82. The number of alkyl halides is 3. The van der Waals surface area contributed by atoms with E-state index in [1.165, 1.54) is 24.5 Å². The Balaban J connectivity index is 1.83. The number of hydrogen-bond donors (Lipinski definition) is 1. The van der Waals surface area contributed by atoms with E-state index in [-0.39, 0.29) is 16.8 Å². The number of benzene rings is 2. The van der Waals surface area contributed by atoms with Gasteiger partial charge in [0.2, 0.25) is 0 Å². The summed E-state index contributed by atoms with van der Waals surface area (Å²) < 4.78 is 47.0. The summed E-state index contributed by atoms with van der Waals surface area (Å²) in [4.78, 5) is 31.3. The quantitative estimate of drug-likeness (QED) is 0.301. The van der Waals surface area contributed by atoms with E-state index in [4.69, 9.17) is 4.74 Å². The molecule has 1 N–H and O–H groups in total. The SMILES string of the molecule is CCOc1cccc(/C(O)=C2/C(=O)C(=O)N(c3ccc(OC(F)(F)F)cc3)C2c2ccncc2)c1. The van der Waals surface area contributed by atoms with Crippen molar-refractivity contribution in [2.75, 3.05) is 11.5 Å². The van der Waals surface area contributed by atoms with Crippen LogP contribution >= 0.6 is 0 Å². The molecular weight excluding hydrogens is 465 g/mol. The number of carbonyl (C=O) groups excluding carboxylic acids is 2. The maximum atomic E-state index is 13.1. The molecule has 2 heterocycles. The molecule has 0 saturated carbocycles. The van der Waals surface area contributed by atoms with E-state index < -0.39 is 35.6 Å². The lowest BCUT2D eigenvalue weighted by Crippen LogP contribution is -2.29. The van der Waals surface area contributed by atoms with E-state index in [0.717, 1.165) is 17.0 Å². The summed E-state index contributed by atoms with van der Waals surface area (Å²) in [6.45, 7) is 2.19. The maximum absolute atomic E-state index is 13.1. The van der Waals surface area contributed by atoms with Gasteiger partial charge in [-0.2, -0.15) is 0 Å². The molecule has 1 aromatic heterocycles. The molecule has 1 unspecified atom stereocenters. The highest BCUT2D eigenvalue weighted by Gasteiger charge is 2.47. The van der Waals surface area contributed by atoms with Crippen LogP contribution in [0.25, 0.3) is 5.76 Å². The Morgan fingerprint density at radius 2 is 1.71 bits per heavy atom. The van der Waals surface area contributed by atoms with Crippen molar-refractivity contribution in [2.45, 2.75) is 19.3 Å². The molecular formula is C25H19F3N2O5. The number of hydrogen-bond acceptors (Lipinski definition) is 6. The van der Waals surface area contributed by atoms with Crippen LogP contribution in [0.5, 0.6) is 11.5 Å². The first-order valence-electron chi connectivity index (χ1n) is 10.5. The number of Topliss-reactive ketones (excluding diaryl/α,β-unsaturated/α-hetero) is 1. The van der Waals surface area contributed by atoms with Crippen molar-refractivity contribution in [3.05, 3.63) is 89.8 Å². The minimum absolute atomic E-state index is 0.144. The van der Waals surface area contributed by atoms with E-state index >= 15 is 0 Å². The molecule has 10 heteroatoms. The highest BCUT2D eigenvalue weighted by atomic mass is 19.4. The number of aromatic nitrogens is 1. The fourth-order valence-electron chi connectivity index (χ4n) is 3.82. The Bertz CT molecular complexity index is 1270. The summed E-state index contributed by atoms with van der Waals surface area (Å²) in [7, 11) is 0. The summed E-state index contributed by atoms with van der Waals surface area (Å²) in [6.07, 6.45) is -1.95. The monoisotopic (exact) mass is 484 g/mol. The van der Waals surface area contributed by atoms with Crippen LogP contribution in [0, 0.1) is 0 Å². The Kier molecular flexibility index (Phi) is 6.46. The first-order chi connectivity index (χ1) is 16.7. The molecule has 35 heavy (non-hydrogen) atoms. The Labute approximate surface area is 198 Å². The van der Waals surface area contributed by atoms with E-state index in [1.807, 2.05) is 0 Å². The van der Waals surface area contributed by atoms with Gasteiger partial charge in [0.15, 0.2) is 0 Å². The second-order valence-electron chi connectivity index (χ2n) is 7.45. The predicted molar refractivity (Wildman–Crippen MR) is 120 cm³/mol. The summed E-state index contributed by atoms with van der Waals surface area (Å²) in [5.41, 5.74) is 0.704. The van der Waals surface area contributed by atoms with Gasteiger partial charge in [0.25, 0.3) is 11.7 Å². The highest BCUT2D eigenvalue weighted by Crippen LogP contribution is 2.42. The Morgan fingerprint density at radius 3 is 2.34 bits per heavy atom. The third-order valence-electron chi connectivity index (χ3n) is 5.23. The van der Waals surface area contributed by atoms with Crippen molar-refractivity contribution in [1.29, 1.82) is 0 Å². The average Bonchev–Trinajstić information content (AvgIpc) is 3.09. The Hall–Kier alpha value is -4.34. The van der Waals surface area contributed by atoms with Gasteiger partial charge in [-0.25, -0.2) is 0 Å². The van der Waals surface area contributed by atoms with Gasteiger partial charge < -0.3 is 14.6 Å². The lowest BCUT2D eigenvalue weighted by atomic mass is 9.95. The van der Waals surface area contributed by atoms with Crippen LogP contribution in [0.15, 0.2) is 78.6 Å². The number of carbonyl (C=O) groups is 2. The third-order valence-corrected chi connectivity index (χ3v) is 5.23. The summed E-state index contributed by atoms with van der Waals surface area (Å²) in [5, 5.41) is 11.1. The van der Waals surface area contributed by atoms with Crippen LogP contribution in [0.3, 0.4) is 0 Å². The molecule has 1 saturated heterocycles. The number of nitrogens with zero attached hydrogens (tertiary/aromatic N) is 2. The van der Waals surface area contributed by atoms with Gasteiger partial charge >= 0.3 is 6.36 Å². The van der Waals surface area contributed by atoms with Crippen LogP contribution in [0.4, 0.5) is 18.9 Å². The van der Waals surface area contributed by atoms with Crippen molar-refractivity contribution in [3.63, 3.8) is 0 Å². The summed E-state index contributed by atoms with van der Waals surface area (Å²) in [5.74, 6) is -2.32. The van der Waals surface area contributed by atoms with Crippen LogP contribution < -0.4 is 14.4 Å². The van der Waals surface area contributed by atoms with Gasteiger partial charge in [0.1, 0.15) is 17.3 Å². The zero-order valence-electron chi connectivity index (χ0n) is 18.3. The number of anilines is 1. The molecule has 0 spiro atoms. The zero-order valence-corrected chi connectivity index (χ0v) is 18.3. The fraction of sp³-hybridized carbons (Fsp3) is 0.160. The van der Waals surface area contributed by atoms with Gasteiger partial charge in [-0.1, -0.05) is 12.1 Å². The van der Waals surface area contributed by atoms with Crippen molar-refractivity contribution in [2.24, 2.45) is 0 Å². The summed E-state index contributed by atoms with van der Waals surface area (Å²) >= 11 is 0. The average molecular weight is 484 g/mol. The molecule has 3 aromatic rings. The largest absolute Gasteiger partial charge is 0.573 e. The van der Waals surface area contributed by atoms with Crippen LogP contribution in [0.2, 0.25) is 0 Å². The molecule has 0 aliphatic carbocycles. The van der Waals surface area contributed by atoms with E-state index in [9.17, 15) is 27.9 Å². The molecule has 180 valence electrons. The first-order valence-corrected chi connectivity index (χ1v) is 10.5. The predicted octanol–water partition coefficient (Wildman–Crippen LogP) is 5.01. The topological polar surface area (TPSA) is 89.0 Å². The van der Waals surface area contributed by atoms with E-state index in [1.54, 1.807) is 43.3 Å². The molecule has 0 radical (unpaired) electrons. The van der Waals surface area contributed by atoms with Gasteiger partial charge in [0, 0.05) is 23.6 Å². The normalized spacial score (nSPS) is 17.5. The number of pyridine rings is 1. The lowest BCUT2D eigenvalue weighted by Gasteiger charge is -2.25. The molecule has 7 nitrogen and oxygen atoms in total. The molecule has 0 bridgehead atoms. The van der Waals surface area contributed by atoms with Crippen LogP contribution in [-0.4, -0.2) is 34.8 Å². The lowest BCUT2D eigenvalue weighted by molar-refractivity contribution is -0.274. The van der Waals surface area contributed by atoms with Gasteiger partial charge in [-0.3, -0.25) is 19.5 Å². The third kappa shape index (κ3) is 4.96. The van der Waals surface area contributed by atoms with Crippen molar-refractivity contribution < 1.29 is 37.3 Å². The Morgan fingerprint density at radius 1 is 1.03 bits per heavy atom. The smallest absolute Gasteiger partial charge is 0.507 e. The molecule has 1 aliphatic heterocycles. The molecule has 1 amide bonds. The van der Waals surface area contributed by atoms with Crippen molar-refractivity contribution in [3.8, 4) is 11.5 Å². The number of ketones is 1. The summed E-state index contributed by atoms with van der Waals surface area (Å²) in [6, 6.07) is 13.1. The molecule has 1 atom stereocenters. The number of aliphatic hydroxyl groups excluding tert-OH is 1.